The summed E-state index contributed by atoms with van der Waals surface area (Å²) < 4.78 is 0. The average molecular weight is 601 g/mol. The maximum atomic E-state index is 9.03. The van der Waals surface area contributed by atoms with Crippen LogP contribution in [0, 0.1) is 25.2 Å². The predicted octanol–water partition coefficient (Wildman–Crippen LogP) is 12.8. The predicted molar refractivity (Wildman–Crippen MR) is 198 cm³/mol. The number of rotatable bonds is 12. The van der Waals surface area contributed by atoms with Crippen molar-refractivity contribution < 1.29 is 0 Å². The molecule has 0 saturated carbocycles. The molecule has 0 aliphatic carbocycles. The van der Waals surface area contributed by atoms with Crippen molar-refractivity contribution in [3.8, 4) is 17.2 Å². The Balaban J connectivity index is 0.000000259. The van der Waals surface area contributed by atoms with E-state index in [4.69, 9.17) is 5.26 Å². The van der Waals surface area contributed by atoms with Crippen molar-refractivity contribution in [2.75, 3.05) is 5.32 Å². The molecule has 0 aliphatic heterocycles. The third-order valence-electron chi connectivity index (χ3n) is 8.14. The molecule has 4 rings (SSSR count). The van der Waals surface area contributed by atoms with Crippen LogP contribution in [0.25, 0.3) is 11.1 Å². The molecule has 0 amide bonds. The monoisotopic (exact) mass is 600 g/mol. The first kappa shape index (κ1) is 37.1. The highest BCUT2D eigenvalue weighted by Crippen LogP contribution is 2.35. The molecule has 0 spiro atoms. The highest BCUT2D eigenvalue weighted by molar-refractivity contribution is 5.65. The number of nitrogens with zero attached hydrogens (tertiary/aromatic N) is 1. The number of anilines is 1. The first-order valence-electron chi connectivity index (χ1n) is 16.9. The van der Waals surface area contributed by atoms with Gasteiger partial charge in [0.2, 0.25) is 0 Å². The zero-order chi connectivity index (χ0) is 33.1. The number of allylic oxidation sites excluding steroid dienone is 1. The summed E-state index contributed by atoms with van der Waals surface area (Å²) in [6.07, 6.45) is 9.67. The topological polar surface area (TPSA) is 35.8 Å². The quantitative estimate of drug-likeness (QED) is 0.176. The molecule has 4 aromatic carbocycles. The summed E-state index contributed by atoms with van der Waals surface area (Å²) in [7, 11) is 0. The Labute approximate surface area is 275 Å². The highest BCUT2D eigenvalue weighted by Gasteiger charge is 2.24. The number of nitrogens with one attached hydrogen (secondary N) is 1. The Morgan fingerprint density at radius 3 is 1.89 bits per heavy atom. The van der Waals surface area contributed by atoms with Gasteiger partial charge in [0.05, 0.1) is 11.6 Å². The van der Waals surface area contributed by atoms with Crippen molar-refractivity contribution in [3.63, 3.8) is 0 Å². The van der Waals surface area contributed by atoms with Crippen LogP contribution in [0.3, 0.4) is 0 Å². The lowest BCUT2D eigenvalue weighted by Crippen LogP contribution is -2.21. The van der Waals surface area contributed by atoms with Crippen LogP contribution < -0.4 is 5.32 Å². The third kappa shape index (κ3) is 13.2. The van der Waals surface area contributed by atoms with Crippen LogP contribution in [-0.2, 0) is 11.8 Å². The van der Waals surface area contributed by atoms with Gasteiger partial charge in [-0.1, -0.05) is 133 Å². The van der Waals surface area contributed by atoms with Crippen LogP contribution in [0.4, 0.5) is 5.69 Å². The zero-order valence-electron chi connectivity index (χ0n) is 29.0. The van der Waals surface area contributed by atoms with E-state index in [2.05, 4.69) is 145 Å². The second-order valence-corrected chi connectivity index (χ2v) is 12.4. The van der Waals surface area contributed by atoms with Crippen LogP contribution >= 0.6 is 0 Å². The summed E-state index contributed by atoms with van der Waals surface area (Å²) >= 11 is 0. The molecule has 45 heavy (non-hydrogen) atoms. The summed E-state index contributed by atoms with van der Waals surface area (Å²) in [5.74, 6) is 0. The Bertz CT molecular complexity index is 1430. The Morgan fingerprint density at radius 1 is 0.733 bits per heavy atom. The smallest absolute Gasteiger partial charge is 0.0991 e. The van der Waals surface area contributed by atoms with Gasteiger partial charge in [-0.2, -0.15) is 5.26 Å². The maximum absolute atomic E-state index is 9.03. The molecule has 0 aliphatic rings. The minimum atomic E-state index is 0.274. The molecule has 0 aromatic heterocycles. The Kier molecular flexibility index (Phi) is 16.5. The minimum absolute atomic E-state index is 0.274. The molecule has 0 atom stereocenters. The SMILES string of the molecule is C=C(CC)Nc1cc(C)cc(C)c1.CCCC(C)(CCC)c1ccc(-c2cccc(C#N)c2)cc1.CCCCc1ccccc1. The second kappa shape index (κ2) is 20.0. The largest absolute Gasteiger partial charge is 0.359 e. The van der Waals surface area contributed by atoms with E-state index in [1.165, 1.54) is 72.8 Å². The first-order chi connectivity index (χ1) is 21.7. The molecule has 0 unspecified atom stereocenters. The molecule has 0 saturated heterocycles. The summed E-state index contributed by atoms with van der Waals surface area (Å²) in [5.41, 5.74) is 10.9. The van der Waals surface area contributed by atoms with Gasteiger partial charge in [0.25, 0.3) is 0 Å². The van der Waals surface area contributed by atoms with E-state index in [1.54, 1.807) is 0 Å². The van der Waals surface area contributed by atoms with Crippen LogP contribution in [-0.4, -0.2) is 0 Å². The fraction of sp³-hybridized carbons (Fsp3) is 0.372. The van der Waals surface area contributed by atoms with Gasteiger partial charge >= 0.3 is 0 Å². The molecule has 2 heteroatoms. The summed E-state index contributed by atoms with van der Waals surface area (Å²) in [5, 5.41) is 12.3. The van der Waals surface area contributed by atoms with Gasteiger partial charge in [-0.3, -0.25) is 0 Å². The van der Waals surface area contributed by atoms with E-state index in [0.717, 1.165) is 23.4 Å². The van der Waals surface area contributed by atoms with Crippen LogP contribution in [0.1, 0.15) is 107 Å². The van der Waals surface area contributed by atoms with Crippen molar-refractivity contribution >= 4 is 5.69 Å². The van der Waals surface area contributed by atoms with Gasteiger partial charge in [0.15, 0.2) is 0 Å². The van der Waals surface area contributed by atoms with E-state index in [1.807, 2.05) is 18.2 Å². The van der Waals surface area contributed by atoms with Crippen molar-refractivity contribution in [2.45, 2.75) is 105 Å². The van der Waals surface area contributed by atoms with E-state index < -0.39 is 0 Å². The summed E-state index contributed by atoms with van der Waals surface area (Å²) in [4.78, 5) is 0. The molecule has 0 heterocycles. The van der Waals surface area contributed by atoms with Gasteiger partial charge in [-0.25, -0.2) is 0 Å². The molecule has 1 N–H and O–H groups in total. The highest BCUT2D eigenvalue weighted by atomic mass is 14.9. The van der Waals surface area contributed by atoms with E-state index in [-0.39, 0.29) is 5.41 Å². The average Bonchev–Trinajstić information content (AvgIpc) is 3.04. The molecule has 0 radical (unpaired) electrons. The number of aryl methyl sites for hydroxylation is 3. The second-order valence-electron chi connectivity index (χ2n) is 12.4. The first-order valence-corrected chi connectivity index (χ1v) is 16.9. The van der Waals surface area contributed by atoms with Gasteiger partial charge in [0, 0.05) is 11.4 Å². The number of hydrogen-bond acceptors (Lipinski definition) is 2. The maximum Gasteiger partial charge on any atom is 0.0991 e. The number of nitriles is 1. The Hall–Kier alpha value is -4.09. The lowest BCUT2D eigenvalue weighted by atomic mass is 9.75. The normalized spacial score (nSPS) is 10.4. The van der Waals surface area contributed by atoms with Gasteiger partial charge < -0.3 is 5.32 Å². The van der Waals surface area contributed by atoms with Crippen LogP contribution in [0.15, 0.2) is 109 Å². The van der Waals surface area contributed by atoms with E-state index in [9.17, 15) is 0 Å². The molecule has 0 fully saturated rings. The fourth-order valence-electron chi connectivity index (χ4n) is 5.72. The van der Waals surface area contributed by atoms with Crippen LogP contribution in [0.5, 0.6) is 0 Å². The van der Waals surface area contributed by atoms with Crippen molar-refractivity contribution in [3.05, 3.63) is 137 Å². The Morgan fingerprint density at radius 2 is 1.36 bits per heavy atom. The lowest BCUT2D eigenvalue weighted by Gasteiger charge is -2.30. The van der Waals surface area contributed by atoms with Crippen LogP contribution in [0.2, 0.25) is 0 Å². The molecule has 238 valence electrons. The number of hydrogen-bond donors (Lipinski definition) is 1. The molecular weight excluding hydrogens is 544 g/mol. The standard InChI is InChI=1S/C21H25N.C12H17N.C10H14/c1-4-13-21(3,14-5-2)20-11-9-18(10-12-20)19-8-6-7-17(15-19)16-22;1-5-11(4)13-12-7-9(2)6-10(3)8-12;1-2-3-7-10-8-5-4-6-9-10/h6-12,15H,4-5,13-14H2,1-3H3;6-8,13H,4-5H2,1-3H3;4-6,8-9H,2-3,7H2,1H3. The molecule has 0 bridgehead atoms. The van der Waals surface area contributed by atoms with Crippen molar-refractivity contribution in [2.24, 2.45) is 0 Å². The van der Waals surface area contributed by atoms with Crippen molar-refractivity contribution in [1.82, 2.24) is 0 Å². The third-order valence-corrected chi connectivity index (χ3v) is 8.14. The minimum Gasteiger partial charge on any atom is -0.359 e. The van der Waals surface area contributed by atoms with Crippen molar-refractivity contribution in [1.29, 1.82) is 5.26 Å². The molecular formula is C43H56N2. The number of unbranched alkanes of at least 4 members (excludes halogenated alkanes) is 1. The summed E-state index contributed by atoms with van der Waals surface area (Å²) in [6.45, 7) is 19.3. The van der Waals surface area contributed by atoms with Gasteiger partial charge in [0.1, 0.15) is 0 Å². The van der Waals surface area contributed by atoms with Gasteiger partial charge in [-0.05, 0) is 109 Å². The molecule has 2 nitrogen and oxygen atoms in total. The summed E-state index contributed by atoms with van der Waals surface area (Å²) in [6, 6.07) is 36.0. The fourth-order valence-corrected chi connectivity index (χ4v) is 5.72. The van der Waals surface area contributed by atoms with Gasteiger partial charge in [-0.15, -0.1) is 0 Å². The van der Waals surface area contributed by atoms with E-state index in [0.29, 0.717) is 5.56 Å². The number of benzene rings is 4. The molecule has 4 aromatic rings. The van der Waals surface area contributed by atoms with E-state index >= 15 is 0 Å². The zero-order valence-corrected chi connectivity index (χ0v) is 29.0. The lowest BCUT2D eigenvalue weighted by molar-refractivity contribution is 0.392.